The molecule has 156 valence electrons. The highest BCUT2D eigenvalue weighted by Gasteiger charge is 2.26. The van der Waals surface area contributed by atoms with Crippen LogP contribution in [0.4, 0.5) is 0 Å². The van der Waals surface area contributed by atoms with Gasteiger partial charge in [-0.05, 0) is 49.6 Å². The first-order chi connectivity index (χ1) is 13.5. The molecule has 0 radical (unpaired) electrons. The van der Waals surface area contributed by atoms with Gasteiger partial charge < -0.3 is 10.8 Å². The lowest BCUT2D eigenvalue weighted by atomic mass is 10.1. The first-order valence-electron chi connectivity index (χ1n) is 9.35. The summed E-state index contributed by atoms with van der Waals surface area (Å²) in [5.74, 6) is -0.174. The second kappa shape index (κ2) is 10.5. The van der Waals surface area contributed by atoms with E-state index in [1.165, 1.54) is 16.1 Å². The van der Waals surface area contributed by atoms with Crippen LogP contribution in [0.2, 0.25) is 0 Å². The molecule has 29 heavy (non-hydrogen) atoms. The molecule has 2 aromatic carbocycles. The summed E-state index contributed by atoms with van der Waals surface area (Å²) in [6.45, 7) is 1.19. The molecule has 0 aliphatic heterocycles. The van der Waals surface area contributed by atoms with Crippen molar-refractivity contribution >= 4 is 33.2 Å². The molecule has 0 aliphatic rings. The maximum Gasteiger partial charge on any atom is 0.243 e. The zero-order valence-electron chi connectivity index (χ0n) is 16.1. The predicted molar refractivity (Wildman–Crippen MR) is 118 cm³/mol. The molecule has 1 heterocycles. The molecule has 0 saturated heterocycles. The van der Waals surface area contributed by atoms with E-state index in [0.717, 1.165) is 6.42 Å². The third-order valence-electron chi connectivity index (χ3n) is 4.69. The van der Waals surface area contributed by atoms with Crippen LogP contribution < -0.4 is 5.73 Å². The lowest BCUT2D eigenvalue weighted by Gasteiger charge is -2.23. The van der Waals surface area contributed by atoms with Crippen LogP contribution in [0.25, 0.3) is 10.8 Å². The average Bonchev–Trinajstić information content (AvgIpc) is 2.71. The maximum atomic E-state index is 13.4. The van der Waals surface area contributed by atoms with E-state index in [0.29, 0.717) is 43.2 Å². The number of sulfonamides is 1. The molecule has 0 saturated carbocycles. The molecule has 0 aliphatic carbocycles. The van der Waals surface area contributed by atoms with Crippen molar-refractivity contribution in [2.45, 2.75) is 24.2 Å². The van der Waals surface area contributed by atoms with Gasteiger partial charge in [-0.15, -0.1) is 12.4 Å². The first kappa shape index (κ1) is 23.1. The second-order valence-electron chi connectivity index (χ2n) is 6.62. The van der Waals surface area contributed by atoms with Gasteiger partial charge in [0, 0.05) is 30.1 Å². The number of halogens is 1. The van der Waals surface area contributed by atoms with E-state index in [1.54, 1.807) is 24.3 Å². The fourth-order valence-electron chi connectivity index (χ4n) is 3.25. The number of aromatic hydroxyl groups is 1. The molecular weight excluding hydrogens is 410 g/mol. The van der Waals surface area contributed by atoms with Crippen molar-refractivity contribution < 1.29 is 13.5 Å². The van der Waals surface area contributed by atoms with Crippen LogP contribution in [0, 0.1) is 0 Å². The van der Waals surface area contributed by atoms with Gasteiger partial charge in [0.2, 0.25) is 15.9 Å². The summed E-state index contributed by atoms with van der Waals surface area (Å²) in [5.41, 5.74) is 6.81. The van der Waals surface area contributed by atoms with Crippen LogP contribution in [-0.2, 0) is 16.4 Å². The SMILES string of the molecule is Cl.NCCCN(CCCc1ccccc1)S(=O)(=O)c1cccc2c(O)nccc12. The van der Waals surface area contributed by atoms with Crippen molar-refractivity contribution in [3.63, 3.8) is 0 Å². The Morgan fingerprint density at radius 2 is 1.66 bits per heavy atom. The third-order valence-corrected chi connectivity index (χ3v) is 6.65. The van der Waals surface area contributed by atoms with Gasteiger partial charge in [0.15, 0.2) is 0 Å². The Hall–Kier alpha value is -2.19. The topological polar surface area (TPSA) is 96.5 Å². The summed E-state index contributed by atoms with van der Waals surface area (Å²) in [6.07, 6.45) is 3.51. The van der Waals surface area contributed by atoms with E-state index in [9.17, 15) is 13.5 Å². The molecule has 0 amide bonds. The average molecular weight is 436 g/mol. The Balaban J connectivity index is 0.00000300. The molecule has 0 fully saturated rings. The van der Waals surface area contributed by atoms with E-state index in [2.05, 4.69) is 4.98 Å². The number of aryl methyl sites for hydroxylation is 1. The Labute approximate surface area is 177 Å². The van der Waals surface area contributed by atoms with Crippen molar-refractivity contribution in [2.24, 2.45) is 5.73 Å². The molecule has 0 atom stereocenters. The van der Waals surface area contributed by atoms with Gasteiger partial charge in [0.05, 0.1) is 4.90 Å². The summed E-state index contributed by atoms with van der Waals surface area (Å²) in [6, 6.07) is 16.5. The number of aromatic nitrogens is 1. The third kappa shape index (κ3) is 5.45. The molecule has 8 heteroatoms. The molecule has 6 nitrogen and oxygen atoms in total. The number of pyridine rings is 1. The Kier molecular flexibility index (Phi) is 8.40. The van der Waals surface area contributed by atoms with Crippen LogP contribution in [0.5, 0.6) is 5.88 Å². The number of fused-ring (bicyclic) bond motifs is 1. The zero-order valence-corrected chi connectivity index (χ0v) is 17.7. The number of rotatable bonds is 9. The van der Waals surface area contributed by atoms with Gasteiger partial charge >= 0.3 is 0 Å². The summed E-state index contributed by atoms with van der Waals surface area (Å²) < 4.78 is 28.3. The molecule has 3 N–H and O–H groups in total. The van der Waals surface area contributed by atoms with E-state index in [1.807, 2.05) is 30.3 Å². The summed E-state index contributed by atoms with van der Waals surface area (Å²) >= 11 is 0. The highest BCUT2D eigenvalue weighted by molar-refractivity contribution is 7.89. The molecule has 0 spiro atoms. The standard InChI is InChI=1S/C21H25N3O3S.ClH/c22-13-6-16-24(15-5-9-17-7-2-1-3-8-17)28(26,27)20-11-4-10-19-18(20)12-14-23-21(19)25;/h1-4,7-8,10-12,14H,5-6,9,13,15-16,22H2,(H,23,25);1H. The predicted octanol–water partition coefficient (Wildman–Crippen LogP) is 3.33. The van der Waals surface area contributed by atoms with Crippen LogP contribution in [0.15, 0.2) is 65.7 Å². The lowest BCUT2D eigenvalue weighted by Crippen LogP contribution is -2.34. The molecular formula is C21H26ClN3O3S. The highest BCUT2D eigenvalue weighted by Crippen LogP contribution is 2.29. The van der Waals surface area contributed by atoms with Crippen molar-refractivity contribution in [2.75, 3.05) is 19.6 Å². The fraction of sp³-hybridized carbons (Fsp3) is 0.286. The Bertz CT molecular complexity index is 1030. The summed E-state index contributed by atoms with van der Waals surface area (Å²) in [5, 5.41) is 10.9. The molecule has 3 aromatic rings. The Morgan fingerprint density at radius 3 is 2.38 bits per heavy atom. The fourth-order valence-corrected chi connectivity index (χ4v) is 4.97. The zero-order chi connectivity index (χ0) is 20.0. The van der Waals surface area contributed by atoms with Crippen LogP contribution in [0.1, 0.15) is 18.4 Å². The molecule has 0 bridgehead atoms. The van der Waals surface area contributed by atoms with Gasteiger partial charge in [-0.3, -0.25) is 0 Å². The smallest absolute Gasteiger partial charge is 0.243 e. The number of benzene rings is 2. The summed E-state index contributed by atoms with van der Waals surface area (Å²) in [4.78, 5) is 4.02. The Morgan fingerprint density at radius 1 is 0.931 bits per heavy atom. The maximum absolute atomic E-state index is 13.4. The van der Waals surface area contributed by atoms with E-state index < -0.39 is 10.0 Å². The van der Waals surface area contributed by atoms with Gasteiger partial charge in [-0.2, -0.15) is 4.31 Å². The number of hydrogen-bond acceptors (Lipinski definition) is 5. The van der Waals surface area contributed by atoms with Crippen molar-refractivity contribution in [3.8, 4) is 5.88 Å². The number of nitrogens with zero attached hydrogens (tertiary/aromatic N) is 2. The largest absolute Gasteiger partial charge is 0.493 e. The summed E-state index contributed by atoms with van der Waals surface area (Å²) in [7, 11) is -3.73. The normalized spacial score (nSPS) is 11.5. The van der Waals surface area contributed by atoms with Gasteiger partial charge in [-0.25, -0.2) is 13.4 Å². The first-order valence-corrected chi connectivity index (χ1v) is 10.8. The van der Waals surface area contributed by atoms with E-state index in [-0.39, 0.29) is 23.2 Å². The van der Waals surface area contributed by atoms with Crippen molar-refractivity contribution in [3.05, 3.63) is 66.4 Å². The van der Waals surface area contributed by atoms with E-state index >= 15 is 0 Å². The molecule has 1 aromatic heterocycles. The number of nitrogens with two attached hydrogens (primary N) is 1. The molecule has 0 unspecified atom stereocenters. The quantitative estimate of drug-likeness (QED) is 0.537. The minimum Gasteiger partial charge on any atom is -0.493 e. The van der Waals surface area contributed by atoms with Crippen LogP contribution in [0.3, 0.4) is 0 Å². The van der Waals surface area contributed by atoms with Crippen LogP contribution >= 0.6 is 12.4 Å². The number of hydrogen-bond donors (Lipinski definition) is 2. The lowest BCUT2D eigenvalue weighted by molar-refractivity contribution is 0.401. The van der Waals surface area contributed by atoms with Crippen LogP contribution in [-0.4, -0.2) is 42.4 Å². The van der Waals surface area contributed by atoms with E-state index in [4.69, 9.17) is 5.73 Å². The minimum atomic E-state index is -3.73. The van der Waals surface area contributed by atoms with Gasteiger partial charge in [-0.1, -0.05) is 36.4 Å². The molecule has 3 rings (SSSR count). The second-order valence-corrected chi connectivity index (χ2v) is 8.53. The minimum absolute atomic E-state index is 0. The van der Waals surface area contributed by atoms with Gasteiger partial charge in [0.1, 0.15) is 0 Å². The van der Waals surface area contributed by atoms with Crippen molar-refractivity contribution in [1.82, 2.24) is 9.29 Å². The van der Waals surface area contributed by atoms with Crippen molar-refractivity contribution in [1.29, 1.82) is 0 Å². The monoisotopic (exact) mass is 435 g/mol. The highest BCUT2D eigenvalue weighted by atomic mass is 35.5. The van der Waals surface area contributed by atoms with Gasteiger partial charge in [0.25, 0.3) is 0 Å².